The monoisotopic (exact) mass is 640 g/mol. The summed E-state index contributed by atoms with van der Waals surface area (Å²) in [5.74, 6) is -2.98. The summed E-state index contributed by atoms with van der Waals surface area (Å²) < 4.78 is 0. The van der Waals surface area contributed by atoms with Crippen molar-refractivity contribution in [2.45, 2.75) is 63.7 Å². The number of benzene rings is 2. The molecule has 47 heavy (non-hydrogen) atoms. The van der Waals surface area contributed by atoms with E-state index in [4.69, 9.17) is 5.73 Å². The summed E-state index contributed by atoms with van der Waals surface area (Å²) in [5, 5.41) is 20.0. The van der Waals surface area contributed by atoms with Gasteiger partial charge >= 0.3 is 5.97 Å². The molecule has 13 heteroatoms. The number of carbonyl (C=O) groups excluding carboxylic acids is 3. The van der Waals surface area contributed by atoms with Gasteiger partial charge in [-0.2, -0.15) is 0 Å². The Labute approximate surface area is 271 Å². The zero-order valence-corrected chi connectivity index (χ0v) is 26.2. The number of hydrogen-bond donors (Lipinski definition) is 8. The lowest BCUT2D eigenvalue weighted by Gasteiger charge is -2.26. The van der Waals surface area contributed by atoms with Crippen LogP contribution in [-0.4, -0.2) is 72.9 Å². The molecule has 0 spiro atoms. The van der Waals surface area contributed by atoms with E-state index >= 15 is 0 Å². The first-order valence-electron chi connectivity index (χ1n) is 15.6. The molecule has 0 radical (unpaired) electrons. The van der Waals surface area contributed by atoms with E-state index in [1.54, 1.807) is 6.20 Å². The van der Waals surface area contributed by atoms with Crippen LogP contribution in [-0.2, 0) is 38.4 Å². The highest BCUT2D eigenvalue weighted by Gasteiger charge is 2.31. The lowest BCUT2D eigenvalue weighted by atomic mass is 10.00. The average Bonchev–Trinajstić information content (AvgIpc) is 3.81. The van der Waals surface area contributed by atoms with Crippen molar-refractivity contribution in [1.82, 2.24) is 35.9 Å². The fourth-order valence-electron chi connectivity index (χ4n) is 5.70. The number of carboxylic acid groups (broad SMARTS) is 1. The molecule has 0 aliphatic carbocycles. The van der Waals surface area contributed by atoms with Crippen LogP contribution in [0.5, 0.6) is 0 Å². The SMILES string of the molecule is CC(C)CC(NC(=O)C(N)Cc1c[nH]c2ccccc12)C(=O)NC(Cc1cnc[nH]1)C(=O)NC(Cc1c[nH]c2ccccc12)C(=O)O. The predicted octanol–water partition coefficient (Wildman–Crippen LogP) is 2.31. The molecule has 3 amide bonds. The van der Waals surface area contributed by atoms with E-state index in [0.29, 0.717) is 5.69 Å². The number of para-hydroxylation sites is 2. The van der Waals surface area contributed by atoms with Gasteiger partial charge < -0.3 is 41.7 Å². The molecule has 0 aliphatic rings. The maximum absolute atomic E-state index is 13.7. The van der Waals surface area contributed by atoms with Crippen molar-refractivity contribution in [3.05, 3.63) is 90.3 Å². The molecule has 3 aromatic heterocycles. The Morgan fingerprint density at radius 1 is 0.745 bits per heavy atom. The van der Waals surface area contributed by atoms with E-state index < -0.39 is 47.9 Å². The average molecular weight is 641 g/mol. The number of aromatic amines is 3. The van der Waals surface area contributed by atoms with Crippen molar-refractivity contribution in [1.29, 1.82) is 0 Å². The van der Waals surface area contributed by atoms with Gasteiger partial charge in [0.1, 0.15) is 18.1 Å². The number of nitrogens with zero attached hydrogens (tertiary/aromatic N) is 1. The fourth-order valence-corrected chi connectivity index (χ4v) is 5.70. The standard InChI is InChI=1S/C34H40N8O5/c1-19(2)11-28(40-31(43)25(35)12-20-15-37-26-9-5-3-7-23(20)26)32(44)41-29(14-22-17-36-18-39-22)33(45)42-30(34(46)47)13-21-16-38-27-10-6-4-8-24(21)27/h3-10,15-19,25,28-30,37-38H,11-14,35H2,1-2H3,(H,36,39)(H,40,43)(H,41,44)(H,42,45)(H,46,47). The van der Waals surface area contributed by atoms with Crippen molar-refractivity contribution >= 4 is 45.5 Å². The van der Waals surface area contributed by atoms with Crippen molar-refractivity contribution in [2.24, 2.45) is 11.7 Å². The lowest BCUT2D eigenvalue weighted by molar-refractivity contribution is -0.142. The number of rotatable bonds is 15. The van der Waals surface area contributed by atoms with Crippen LogP contribution in [0.15, 0.2) is 73.4 Å². The zero-order valence-electron chi connectivity index (χ0n) is 26.2. The first-order chi connectivity index (χ1) is 22.6. The Hall–Kier alpha value is -5.43. The molecular weight excluding hydrogens is 600 g/mol. The molecule has 0 fully saturated rings. The predicted molar refractivity (Wildman–Crippen MR) is 177 cm³/mol. The van der Waals surface area contributed by atoms with Crippen LogP contribution in [0, 0.1) is 5.92 Å². The van der Waals surface area contributed by atoms with Gasteiger partial charge in [0.25, 0.3) is 0 Å². The largest absolute Gasteiger partial charge is 0.480 e. The number of imidazole rings is 1. The second kappa shape index (κ2) is 14.8. The van der Waals surface area contributed by atoms with Gasteiger partial charge in [-0.3, -0.25) is 14.4 Å². The summed E-state index contributed by atoms with van der Waals surface area (Å²) in [6, 6.07) is 10.8. The minimum Gasteiger partial charge on any atom is -0.480 e. The van der Waals surface area contributed by atoms with Gasteiger partial charge in [-0.25, -0.2) is 9.78 Å². The van der Waals surface area contributed by atoms with E-state index in [1.165, 1.54) is 12.5 Å². The van der Waals surface area contributed by atoms with Crippen LogP contribution in [0.25, 0.3) is 21.8 Å². The summed E-state index contributed by atoms with van der Waals surface area (Å²) >= 11 is 0. The molecule has 0 saturated heterocycles. The summed E-state index contributed by atoms with van der Waals surface area (Å²) in [6.45, 7) is 3.82. The van der Waals surface area contributed by atoms with Gasteiger partial charge in [0, 0.05) is 58.9 Å². The second-order valence-corrected chi connectivity index (χ2v) is 12.2. The summed E-state index contributed by atoms with van der Waals surface area (Å²) in [5.41, 5.74) is 10.2. The smallest absolute Gasteiger partial charge is 0.326 e. The number of fused-ring (bicyclic) bond motifs is 2. The topological polar surface area (TPSA) is 211 Å². The molecule has 3 heterocycles. The van der Waals surface area contributed by atoms with Gasteiger partial charge in [-0.1, -0.05) is 50.2 Å². The van der Waals surface area contributed by atoms with Crippen molar-refractivity contribution in [3.63, 3.8) is 0 Å². The first-order valence-corrected chi connectivity index (χ1v) is 15.6. The Bertz CT molecular complexity index is 1840. The number of carbonyl (C=O) groups is 4. The van der Waals surface area contributed by atoms with Crippen LogP contribution < -0.4 is 21.7 Å². The lowest BCUT2D eigenvalue weighted by Crippen LogP contribution is -2.58. The van der Waals surface area contributed by atoms with Crippen LogP contribution in [0.3, 0.4) is 0 Å². The van der Waals surface area contributed by atoms with Crippen LogP contribution in [0.4, 0.5) is 0 Å². The number of aliphatic carboxylic acids is 1. The molecule has 13 nitrogen and oxygen atoms in total. The Kier molecular flexibility index (Phi) is 10.4. The van der Waals surface area contributed by atoms with Gasteiger partial charge in [-0.15, -0.1) is 0 Å². The van der Waals surface area contributed by atoms with Gasteiger partial charge in [-0.05, 0) is 42.0 Å². The van der Waals surface area contributed by atoms with Crippen molar-refractivity contribution in [2.75, 3.05) is 0 Å². The third-order valence-electron chi connectivity index (χ3n) is 8.12. The van der Waals surface area contributed by atoms with E-state index in [2.05, 4.69) is 35.9 Å². The number of aromatic nitrogens is 4. The van der Waals surface area contributed by atoms with Crippen molar-refractivity contribution in [3.8, 4) is 0 Å². The molecule has 2 aromatic carbocycles. The second-order valence-electron chi connectivity index (χ2n) is 12.2. The molecule has 9 N–H and O–H groups in total. The normalized spacial score (nSPS) is 14.0. The van der Waals surface area contributed by atoms with E-state index in [1.807, 2.05) is 68.6 Å². The van der Waals surface area contributed by atoms with Crippen LogP contribution in [0.2, 0.25) is 0 Å². The van der Waals surface area contributed by atoms with Crippen molar-refractivity contribution < 1.29 is 24.3 Å². The van der Waals surface area contributed by atoms with Gasteiger partial charge in [0.05, 0.1) is 12.4 Å². The quantitative estimate of drug-likeness (QED) is 0.0855. The molecule has 0 bridgehead atoms. The maximum Gasteiger partial charge on any atom is 0.326 e. The highest BCUT2D eigenvalue weighted by Crippen LogP contribution is 2.20. The van der Waals surface area contributed by atoms with E-state index in [9.17, 15) is 24.3 Å². The molecule has 4 unspecified atom stereocenters. The molecule has 0 saturated carbocycles. The highest BCUT2D eigenvalue weighted by molar-refractivity contribution is 5.95. The Morgan fingerprint density at radius 2 is 1.30 bits per heavy atom. The number of nitrogens with two attached hydrogens (primary N) is 1. The van der Waals surface area contributed by atoms with Gasteiger partial charge in [0.15, 0.2) is 0 Å². The Balaban J connectivity index is 1.29. The number of hydrogen-bond acceptors (Lipinski definition) is 6. The van der Waals surface area contributed by atoms with E-state index in [0.717, 1.165) is 32.9 Å². The third-order valence-corrected chi connectivity index (χ3v) is 8.12. The minimum atomic E-state index is -1.27. The first kappa shape index (κ1) is 32.9. The molecule has 0 aliphatic heterocycles. The van der Waals surface area contributed by atoms with Gasteiger partial charge in [0.2, 0.25) is 17.7 Å². The van der Waals surface area contributed by atoms with Crippen LogP contribution in [0.1, 0.15) is 37.1 Å². The summed E-state index contributed by atoms with van der Waals surface area (Å²) in [6.07, 6.45) is 7.08. The third kappa shape index (κ3) is 8.24. The number of carboxylic acids is 1. The number of amides is 3. The van der Waals surface area contributed by atoms with Crippen LogP contribution >= 0.6 is 0 Å². The highest BCUT2D eigenvalue weighted by atomic mass is 16.4. The maximum atomic E-state index is 13.7. The Morgan fingerprint density at radius 3 is 1.87 bits per heavy atom. The molecular formula is C34H40N8O5. The molecule has 5 rings (SSSR count). The molecule has 4 atom stereocenters. The molecule has 5 aromatic rings. The zero-order chi connectivity index (χ0) is 33.5. The summed E-state index contributed by atoms with van der Waals surface area (Å²) in [7, 11) is 0. The molecule has 246 valence electrons. The number of H-pyrrole nitrogens is 3. The van der Waals surface area contributed by atoms with E-state index in [-0.39, 0.29) is 31.6 Å². The number of nitrogens with one attached hydrogen (secondary N) is 6. The fraction of sp³-hybridized carbons (Fsp3) is 0.324. The summed E-state index contributed by atoms with van der Waals surface area (Å²) in [4.78, 5) is 66.1. The minimum absolute atomic E-state index is 0.0133.